The van der Waals surface area contributed by atoms with Crippen molar-refractivity contribution in [2.75, 3.05) is 19.0 Å². The summed E-state index contributed by atoms with van der Waals surface area (Å²) in [6, 6.07) is 13.6. The van der Waals surface area contributed by atoms with Gasteiger partial charge in [0.15, 0.2) is 18.1 Å². The number of nitrogens with two attached hydrogens (primary N) is 1. The highest BCUT2D eigenvalue weighted by Gasteiger charge is 2.15. The van der Waals surface area contributed by atoms with E-state index in [4.69, 9.17) is 26.8 Å². The number of primary amides is 1. The zero-order chi connectivity index (χ0) is 19.8. The molecule has 2 aromatic carbocycles. The number of hydrogen-bond donors (Lipinski definition) is 2. The summed E-state index contributed by atoms with van der Waals surface area (Å²) in [5.41, 5.74) is 5.94. The summed E-state index contributed by atoms with van der Waals surface area (Å²) in [4.78, 5) is 23.2. The fourth-order valence-corrected chi connectivity index (χ4v) is 2.42. The molecule has 27 heavy (non-hydrogen) atoms. The molecule has 7 nitrogen and oxygen atoms in total. The van der Waals surface area contributed by atoms with Gasteiger partial charge in [-0.15, -0.1) is 0 Å². The smallest absolute Gasteiger partial charge is 0.266 e. The molecule has 0 heterocycles. The largest absolute Gasteiger partial charge is 0.493 e. The zero-order valence-corrected chi connectivity index (χ0v) is 15.1. The van der Waals surface area contributed by atoms with E-state index in [9.17, 15) is 14.9 Å². The molecule has 0 aliphatic rings. The summed E-state index contributed by atoms with van der Waals surface area (Å²) in [6.45, 7) is -0.367. The molecule has 2 amide bonds. The van der Waals surface area contributed by atoms with Crippen LogP contribution < -0.4 is 20.5 Å². The lowest BCUT2D eigenvalue weighted by molar-refractivity contribution is -0.120. The van der Waals surface area contributed by atoms with Crippen LogP contribution in [0, 0.1) is 11.3 Å². The van der Waals surface area contributed by atoms with E-state index in [2.05, 4.69) is 5.32 Å². The van der Waals surface area contributed by atoms with Crippen molar-refractivity contribution in [1.29, 1.82) is 5.26 Å². The molecule has 138 valence electrons. The normalized spacial score (nSPS) is 10.6. The van der Waals surface area contributed by atoms with Crippen LogP contribution in [0.3, 0.4) is 0 Å². The van der Waals surface area contributed by atoms with E-state index in [0.29, 0.717) is 11.3 Å². The predicted octanol–water partition coefficient (Wildman–Crippen LogP) is 2.76. The Kier molecular flexibility index (Phi) is 6.80. The van der Waals surface area contributed by atoms with Crippen molar-refractivity contribution in [3.05, 3.63) is 58.6 Å². The summed E-state index contributed by atoms with van der Waals surface area (Å²) in [5, 5.41) is 12.1. The van der Waals surface area contributed by atoms with Crippen LogP contribution in [0.2, 0.25) is 5.02 Å². The molecule has 2 rings (SSSR count). The van der Waals surface area contributed by atoms with Gasteiger partial charge >= 0.3 is 0 Å². The maximum Gasteiger partial charge on any atom is 0.266 e. The maximum atomic E-state index is 12.3. The van der Waals surface area contributed by atoms with Gasteiger partial charge in [0.1, 0.15) is 11.6 Å². The molecule has 0 atom stereocenters. The van der Waals surface area contributed by atoms with E-state index in [1.807, 2.05) is 12.1 Å². The second-order valence-corrected chi connectivity index (χ2v) is 5.69. The van der Waals surface area contributed by atoms with E-state index in [1.165, 1.54) is 25.3 Å². The van der Waals surface area contributed by atoms with Gasteiger partial charge in [0.2, 0.25) is 0 Å². The number of nitriles is 1. The van der Waals surface area contributed by atoms with Crippen molar-refractivity contribution in [2.24, 2.45) is 5.73 Å². The molecule has 0 saturated heterocycles. The van der Waals surface area contributed by atoms with Crippen LogP contribution in [0.25, 0.3) is 6.08 Å². The van der Waals surface area contributed by atoms with Gasteiger partial charge in [-0.25, -0.2) is 0 Å². The predicted molar refractivity (Wildman–Crippen MR) is 101 cm³/mol. The Labute approximate surface area is 160 Å². The first-order valence-corrected chi connectivity index (χ1v) is 8.09. The molecule has 8 heteroatoms. The van der Waals surface area contributed by atoms with Crippen LogP contribution in [0.1, 0.15) is 5.56 Å². The number of amides is 2. The third kappa shape index (κ3) is 5.49. The minimum absolute atomic E-state index is 0.122. The first kappa shape index (κ1) is 19.8. The van der Waals surface area contributed by atoms with E-state index in [0.717, 1.165) is 0 Å². The van der Waals surface area contributed by atoms with Gasteiger partial charge in [-0.05, 0) is 35.9 Å². The molecule has 0 saturated carbocycles. The first-order chi connectivity index (χ1) is 12.9. The monoisotopic (exact) mass is 385 g/mol. The van der Waals surface area contributed by atoms with Crippen LogP contribution in [0.15, 0.2) is 48.0 Å². The van der Waals surface area contributed by atoms with Gasteiger partial charge in [-0.1, -0.05) is 29.8 Å². The summed E-state index contributed by atoms with van der Waals surface area (Å²) in [5.74, 6) is -0.854. The molecule has 0 bridgehead atoms. The quantitative estimate of drug-likeness (QED) is 0.561. The molecule has 0 spiro atoms. The standard InChI is InChI=1S/C19H16ClN3O4/c1-26-16-9-12(8-15(20)18(16)27-11-17(22)24)7-13(10-21)19(25)23-14-5-3-2-4-6-14/h2-9H,11H2,1H3,(H2,22,24)(H,23,25)/b13-7+. The SMILES string of the molecule is COc1cc(/C=C(\C#N)C(=O)Nc2ccccc2)cc(Cl)c1OCC(N)=O. The Balaban J connectivity index is 2.29. The van der Waals surface area contributed by atoms with Crippen molar-refractivity contribution in [3.8, 4) is 17.6 Å². The summed E-state index contributed by atoms with van der Waals surface area (Å²) in [7, 11) is 1.39. The van der Waals surface area contributed by atoms with Crippen LogP contribution in [0.5, 0.6) is 11.5 Å². The number of rotatable bonds is 7. The highest BCUT2D eigenvalue weighted by molar-refractivity contribution is 6.32. The minimum Gasteiger partial charge on any atom is -0.493 e. The fourth-order valence-electron chi connectivity index (χ4n) is 2.14. The van der Waals surface area contributed by atoms with E-state index in [1.54, 1.807) is 24.3 Å². The Hall–Kier alpha value is -3.50. The van der Waals surface area contributed by atoms with E-state index in [-0.39, 0.29) is 28.7 Å². The lowest BCUT2D eigenvalue weighted by Gasteiger charge is -2.12. The van der Waals surface area contributed by atoms with E-state index < -0.39 is 11.8 Å². The Morgan fingerprint density at radius 3 is 2.59 bits per heavy atom. The molecule has 0 aliphatic heterocycles. The van der Waals surface area contributed by atoms with Gasteiger partial charge in [-0.3, -0.25) is 9.59 Å². The van der Waals surface area contributed by atoms with Crippen LogP contribution in [0.4, 0.5) is 5.69 Å². The Bertz CT molecular complexity index is 921. The second kappa shape index (κ2) is 9.27. The number of carbonyl (C=O) groups excluding carboxylic acids is 2. The molecule has 2 aromatic rings. The third-order valence-electron chi connectivity index (χ3n) is 3.32. The summed E-state index contributed by atoms with van der Waals surface area (Å²) >= 11 is 6.16. The summed E-state index contributed by atoms with van der Waals surface area (Å²) < 4.78 is 10.4. The van der Waals surface area contributed by atoms with Gasteiger partial charge in [0, 0.05) is 5.69 Å². The minimum atomic E-state index is -0.665. The molecular formula is C19H16ClN3O4. The molecule has 0 fully saturated rings. The van der Waals surface area contributed by atoms with Gasteiger partial charge in [0.25, 0.3) is 11.8 Å². The molecular weight excluding hydrogens is 370 g/mol. The number of anilines is 1. The molecule has 0 aliphatic carbocycles. The van der Waals surface area contributed by atoms with Crippen molar-refractivity contribution in [1.82, 2.24) is 0 Å². The number of hydrogen-bond acceptors (Lipinski definition) is 5. The maximum absolute atomic E-state index is 12.3. The number of methoxy groups -OCH3 is 1. The number of nitrogens with zero attached hydrogens (tertiary/aromatic N) is 1. The Morgan fingerprint density at radius 1 is 1.30 bits per heavy atom. The van der Waals surface area contributed by atoms with Gasteiger partial charge in [0.05, 0.1) is 12.1 Å². The van der Waals surface area contributed by atoms with Crippen molar-refractivity contribution in [3.63, 3.8) is 0 Å². The second-order valence-electron chi connectivity index (χ2n) is 5.28. The van der Waals surface area contributed by atoms with Crippen LogP contribution in [-0.4, -0.2) is 25.5 Å². The van der Waals surface area contributed by atoms with Crippen molar-refractivity contribution < 1.29 is 19.1 Å². The third-order valence-corrected chi connectivity index (χ3v) is 3.60. The van der Waals surface area contributed by atoms with Crippen LogP contribution >= 0.6 is 11.6 Å². The average Bonchev–Trinajstić information content (AvgIpc) is 2.65. The Morgan fingerprint density at radius 2 is 2.00 bits per heavy atom. The lowest BCUT2D eigenvalue weighted by Crippen LogP contribution is -2.20. The van der Waals surface area contributed by atoms with Crippen molar-refractivity contribution >= 4 is 35.2 Å². The van der Waals surface area contributed by atoms with Gasteiger partial charge < -0.3 is 20.5 Å². The molecule has 3 N–H and O–H groups in total. The first-order valence-electron chi connectivity index (χ1n) is 7.71. The number of carbonyl (C=O) groups is 2. The van der Waals surface area contributed by atoms with Gasteiger partial charge in [-0.2, -0.15) is 5.26 Å². The fraction of sp³-hybridized carbons (Fsp3) is 0.105. The number of nitrogens with one attached hydrogen (secondary N) is 1. The number of halogens is 1. The molecule has 0 unspecified atom stereocenters. The summed E-state index contributed by atoms with van der Waals surface area (Å²) in [6.07, 6.45) is 1.37. The topological polar surface area (TPSA) is 114 Å². The highest BCUT2D eigenvalue weighted by Crippen LogP contribution is 2.37. The molecule has 0 radical (unpaired) electrons. The van der Waals surface area contributed by atoms with E-state index >= 15 is 0 Å². The molecule has 0 aromatic heterocycles. The number of para-hydroxylation sites is 1. The zero-order valence-electron chi connectivity index (χ0n) is 14.4. The van der Waals surface area contributed by atoms with Crippen LogP contribution in [-0.2, 0) is 9.59 Å². The number of ether oxygens (including phenoxy) is 2. The number of benzene rings is 2. The lowest BCUT2D eigenvalue weighted by atomic mass is 10.1. The average molecular weight is 386 g/mol. The highest BCUT2D eigenvalue weighted by atomic mass is 35.5. The van der Waals surface area contributed by atoms with Crippen molar-refractivity contribution in [2.45, 2.75) is 0 Å².